The van der Waals surface area contributed by atoms with Gasteiger partial charge in [0.1, 0.15) is 17.5 Å². The number of pyridine rings is 1. The van der Waals surface area contributed by atoms with Gasteiger partial charge in [-0.2, -0.15) is 0 Å². The highest BCUT2D eigenvalue weighted by atomic mass is 15.0. The molecule has 0 unspecified atom stereocenters. The molecule has 0 atom stereocenters. The van der Waals surface area contributed by atoms with Crippen molar-refractivity contribution in [1.29, 1.82) is 0 Å². The summed E-state index contributed by atoms with van der Waals surface area (Å²) in [7, 11) is 0. The van der Waals surface area contributed by atoms with E-state index in [1.807, 2.05) is 12.1 Å². The van der Waals surface area contributed by atoms with E-state index >= 15 is 0 Å². The van der Waals surface area contributed by atoms with Gasteiger partial charge in [-0.25, -0.2) is 15.0 Å². The molecule has 72 valence electrons. The molecule has 0 aliphatic rings. The second-order valence-electron chi connectivity index (χ2n) is 3.07. The third-order valence-corrected chi connectivity index (χ3v) is 2.16. The van der Waals surface area contributed by atoms with Crippen molar-refractivity contribution in [3.8, 4) is 11.3 Å². The Kier molecular flexibility index (Phi) is 1.68. The Bertz CT molecular complexity index is 587. The van der Waals surface area contributed by atoms with Crippen molar-refractivity contribution in [2.75, 3.05) is 0 Å². The van der Waals surface area contributed by atoms with Crippen molar-refractivity contribution in [2.24, 2.45) is 0 Å². The summed E-state index contributed by atoms with van der Waals surface area (Å²) in [5.41, 5.74) is 3.29. The summed E-state index contributed by atoms with van der Waals surface area (Å²) in [6.45, 7) is 0. The Balaban J connectivity index is 2.31. The molecule has 0 aliphatic heterocycles. The van der Waals surface area contributed by atoms with Crippen molar-refractivity contribution < 1.29 is 0 Å². The van der Waals surface area contributed by atoms with E-state index in [9.17, 15) is 0 Å². The minimum absolute atomic E-state index is 0.670. The molecule has 0 spiro atoms. The molecule has 0 radical (unpaired) electrons. The van der Waals surface area contributed by atoms with Gasteiger partial charge in [0.25, 0.3) is 0 Å². The Morgan fingerprint density at radius 1 is 1.13 bits per heavy atom. The number of rotatable bonds is 1. The first-order valence-electron chi connectivity index (χ1n) is 4.49. The van der Waals surface area contributed by atoms with E-state index in [-0.39, 0.29) is 0 Å². The van der Waals surface area contributed by atoms with E-state index in [0.717, 1.165) is 16.8 Å². The molecule has 0 saturated carbocycles. The summed E-state index contributed by atoms with van der Waals surface area (Å²) >= 11 is 0. The van der Waals surface area contributed by atoms with Crippen LogP contribution >= 0.6 is 0 Å². The maximum Gasteiger partial charge on any atom is 0.181 e. The normalized spacial score (nSPS) is 10.7. The molecule has 3 aromatic rings. The first kappa shape index (κ1) is 8.05. The lowest BCUT2D eigenvalue weighted by Gasteiger charge is -1.99. The van der Waals surface area contributed by atoms with E-state index in [0.29, 0.717) is 5.65 Å². The molecule has 1 N–H and O–H groups in total. The van der Waals surface area contributed by atoms with E-state index in [1.165, 1.54) is 6.33 Å². The van der Waals surface area contributed by atoms with Crippen molar-refractivity contribution in [3.63, 3.8) is 0 Å². The fourth-order valence-electron chi connectivity index (χ4n) is 1.49. The van der Waals surface area contributed by atoms with Crippen LogP contribution in [0.1, 0.15) is 0 Å². The monoisotopic (exact) mass is 197 g/mol. The van der Waals surface area contributed by atoms with Crippen LogP contribution in [-0.2, 0) is 0 Å². The third kappa shape index (κ3) is 1.25. The van der Waals surface area contributed by atoms with E-state index in [2.05, 4.69) is 24.9 Å². The lowest BCUT2D eigenvalue weighted by molar-refractivity contribution is 1.19. The quantitative estimate of drug-likeness (QED) is 0.640. The predicted molar refractivity (Wildman–Crippen MR) is 54.9 cm³/mol. The molecule has 3 aromatic heterocycles. The fraction of sp³-hybridized carbons (Fsp3) is 0. The number of aromatic amines is 1. The van der Waals surface area contributed by atoms with Gasteiger partial charge in [0.15, 0.2) is 5.65 Å². The molecular formula is C10H7N5. The summed E-state index contributed by atoms with van der Waals surface area (Å²) in [5.74, 6) is 0. The standard InChI is InChI=1S/C10H7N5/c1-2-7(4-11-3-1)8-9-10(14-5-12-8)15-6-13-9/h1-6H,(H,12,13,14,15). The number of aromatic nitrogens is 5. The van der Waals surface area contributed by atoms with Crippen LogP contribution in [0.2, 0.25) is 0 Å². The van der Waals surface area contributed by atoms with Gasteiger partial charge < -0.3 is 4.98 Å². The Morgan fingerprint density at radius 2 is 2.13 bits per heavy atom. The second-order valence-corrected chi connectivity index (χ2v) is 3.07. The molecule has 5 heteroatoms. The molecule has 0 saturated heterocycles. The van der Waals surface area contributed by atoms with Gasteiger partial charge in [0, 0.05) is 18.0 Å². The third-order valence-electron chi connectivity index (χ3n) is 2.16. The number of hydrogen-bond donors (Lipinski definition) is 1. The Hall–Kier alpha value is -2.30. The molecule has 0 bridgehead atoms. The zero-order chi connectivity index (χ0) is 10.1. The van der Waals surface area contributed by atoms with Crippen molar-refractivity contribution in [1.82, 2.24) is 24.9 Å². The average molecular weight is 197 g/mol. The summed E-state index contributed by atoms with van der Waals surface area (Å²) in [6.07, 6.45) is 6.61. The predicted octanol–water partition coefficient (Wildman–Crippen LogP) is 1.41. The Labute approximate surface area is 85.3 Å². The van der Waals surface area contributed by atoms with Crippen LogP contribution in [0, 0.1) is 0 Å². The molecule has 3 rings (SSSR count). The van der Waals surface area contributed by atoms with Crippen LogP contribution in [0.5, 0.6) is 0 Å². The highest BCUT2D eigenvalue weighted by Gasteiger charge is 2.07. The van der Waals surface area contributed by atoms with Gasteiger partial charge in [-0.05, 0) is 12.1 Å². The molecule has 0 aliphatic carbocycles. The van der Waals surface area contributed by atoms with Crippen molar-refractivity contribution >= 4 is 11.2 Å². The van der Waals surface area contributed by atoms with Gasteiger partial charge in [0.05, 0.1) is 6.33 Å². The number of nitrogens with one attached hydrogen (secondary N) is 1. The molecule has 3 heterocycles. The molecule has 0 fully saturated rings. The molecule has 5 nitrogen and oxygen atoms in total. The lowest BCUT2D eigenvalue weighted by atomic mass is 10.2. The van der Waals surface area contributed by atoms with Crippen LogP contribution < -0.4 is 0 Å². The molecular weight excluding hydrogens is 190 g/mol. The minimum Gasteiger partial charge on any atom is -0.341 e. The summed E-state index contributed by atoms with van der Waals surface area (Å²) in [5, 5.41) is 0. The number of imidazole rings is 1. The van der Waals surface area contributed by atoms with Crippen LogP contribution in [0.15, 0.2) is 37.2 Å². The van der Waals surface area contributed by atoms with Gasteiger partial charge in [-0.3, -0.25) is 4.98 Å². The average Bonchev–Trinajstić information content (AvgIpc) is 2.78. The largest absolute Gasteiger partial charge is 0.341 e. The topological polar surface area (TPSA) is 67.3 Å². The lowest BCUT2D eigenvalue weighted by Crippen LogP contribution is -1.88. The van der Waals surface area contributed by atoms with E-state index in [4.69, 9.17) is 0 Å². The van der Waals surface area contributed by atoms with Crippen LogP contribution in [0.25, 0.3) is 22.4 Å². The maximum absolute atomic E-state index is 4.23. The number of nitrogens with zero attached hydrogens (tertiary/aromatic N) is 4. The van der Waals surface area contributed by atoms with Gasteiger partial charge >= 0.3 is 0 Å². The van der Waals surface area contributed by atoms with Gasteiger partial charge in [-0.1, -0.05) is 0 Å². The first-order valence-corrected chi connectivity index (χ1v) is 4.49. The zero-order valence-electron chi connectivity index (χ0n) is 7.75. The SMILES string of the molecule is c1cncc(-c2ncnc3nc[nH]c23)c1. The van der Waals surface area contributed by atoms with Crippen LogP contribution in [-0.4, -0.2) is 24.9 Å². The summed E-state index contributed by atoms with van der Waals surface area (Å²) in [6, 6.07) is 3.83. The zero-order valence-corrected chi connectivity index (χ0v) is 7.75. The number of H-pyrrole nitrogens is 1. The van der Waals surface area contributed by atoms with E-state index in [1.54, 1.807) is 18.7 Å². The molecule has 0 aromatic carbocycles. The summed E-state index contributed by atoms with van der Waals surface area (Å²) < 4.78 is 0. The van der Waals surface area contributed by atoms with Crippen molar-refractivity contribution in [2.45, 2.75) is 0 Å². The van der Waals surface area contributed by atoms with Crippen molar-refractivity contribution in [3.05, 3.63) is 37.2 Å². The Morgan fingerprint density at radius 3 is 3.00 bits per heavy atom. The maximum atomic E-state index is 4.23. The molecule has 0 amide bonds. The summed E-state index contributed by atoms with van der Waals surface area (Å²) in [4.78, 5) is 19.4. The highest BCUT2D eigenvalue weighted by molar-refractivity contribution is 5.86. The minimum atomic E-state index is 0.670. The second kappa shape index (κ2) is 3.13. The number of fused-ring (bicyclic) bond motifs is 1. The van der Waals surface area contributed by atoms with Crippen LogP contribution in [0.4, 0.5) is 0 Å². The number of hydrogen-bond acceptors (Lipinski definition) is 4. The van der Waals surface area contributed by atoms with Gasteiger partial charge in [0.2, 0.25) is 0 Å². The molecule has 15 heavy (non-hydrogen) atoms. The smallest absolute Gasteiger partial charge is 0.181 e. The fourth-order valence-corrected chi connectivity index (χ4v) is 1.49. The van der Waals surface area contributed by atoms with Crippen LogP contribution in [0.3, 0.4) is 0 Å². The van der Waals surface area contributed by atoms with E-state index < -0.39 is 0 Å². The highest BCUT2D eigenvalue weighted by Crippen LogP contribution is 2.21. The van der Waals surface area contributed by atoms with Gasteiger partial charge in [-0.15, -0.1) is 0 Å². The first-order chi connectivity index (χ1) is 7.45.